The number of benzene rings is 1. The first kappa shape index (κ1) is 17.2. The summed E-state index contributed by atoms with van der Waals surface area (Å²) < 4.78 is 70.0. The van der Waals surface area contributed by atoms with Gasteiger partial charge in [-0.2, -0.15) is 25.9 Å². The molecule has 2 rings (SSSR count). The Morgan fingerprint density at radius 3 is 2.27 bits per heavy atom. The second-order valence-electron chi connectivity index (χ2n) is 4.86. The molecule has 0 radical (unpaired) electrons. The SMILES string of the molecule is O=S(=O)(NCCc1ccc(C(F)(F)F)cc1)N1CCOCC1. The van der Waals surface area contributed by atoms with Gasteiger partial charge in [-0.3, -0.25) is 0 Å². The van der Waals surface area contributed by atoms with Gasteiger partial charge in [0.05, 0.1) is 18.8 Å². The summed E-state index contributed by atoms with van der Waals surface area (Å²) in [6, 6.07) is 4.69. The highest BCUT2D eigenvalue weighted by atomic mass is 32.2. The Morgan fingerprint density at radius 1 is 1.14 bits per heavy atom. The number of nitrogens with one attached hydrogen (secondary N) is 1. The van der Waals surface area contributed by atoms with Gasteiger partial charge in [0, 0.05) is 19.6 Å². The van der Waals surface area contributed by atoms with Crippen molar-refractivity contribution in [3.05, 3.63) is 35.4 Å². The molecule has 5 nitrogen and oxygen atoms in total. The average Bonchev–Trinajstić information content (AvgIpc) is 2.48. The lowest BCUT2D eigenvalue weighted by atomic mass is 10.1. The zero-order valence-electron chi connectivity index (χ0n) is 11.8. The summed E-state index contributed by atoms with van der Waals surface area (Å²) in [7, 11) is -3.56. The van der Waals surface area contributed by atoms with Gasteiger partial charge in [0.15, 0.2) is 0 Å². The van der Waals surface area contributed by atoms with E-state index in [0.29, 0.717) is 38.3 Å². The molecule has 1 aliphatic rings. The van der Waals surface area contributed by atoms with E-state index in [4.69, 9.17) is 4.74 Å². The van der Waals surface area contributed by atoms with Gasteiger partial charge in [0.1, 0.15) is 0 Å². The molecule has 22 heavy (non-hydrogen) atoms. The third-order valence-electron chi connectivity index (χ3n) is 3.29. The number of ether oxygens (including phenoxy) is 1. The van der Waals surface area contributed by atoms with Gasteiger partial charge in [-0.05, 0) is 24.1 Å². The van der Waals surface area contributed by atoms with Crippen molar-refractivity contribution in [1.82, 2.24) is 9.03 Å². The maximum atomic E-state index is 12.4. The van der Waals surface area contributed by atoms with Crippen LogP contribution in [-0.2, 0) is 27.5 Å². The van der Waals surface area contributed by atoms with Crippen LogP contribution in [0, 0.1) is 0 Å². The molecule has 0 bridgehead atoms. The first-order valence-electron chi connectivity index (χ1n) is 6.78. The summed E-state index contributed by atoms with van der Waals surface area (Å²) in [5.41, 5.74) is -0.0807. The van der Waals surface area contributed by atoms with Gasteiger partial charge in [-0.1, -0.05) is 12.1 Å². The minimum Gasteiger partial charge on any atom is -0.379 e. The van der Waals surface area contributed by atoms with Crippen molar-refractivity contribution in [3.8, 4) is 0 Å². The predicted molar refractivity (Wildman–Crippen MR) is 74.5 cm³/mol. The van der Waals surface area contributed by atoms with Crippen LogP contribution in [0.15, 0.2) is 24.3 Å². The Morgan fingerprint density at radius 2 is 1.73 bits per heavy atom. The predicted octanol–water partition coefficient (Wildman–Crippen LogP) is 1.41. The minimum atomic E-state index is -4.36. The minimum absolute atomic E-state index is 0.130. The summed E-state index contributed by atoms with van der Waals surface area (Å²) in [4.78, 5) is 0. The van der Waals surface area contributed by atoms with Gasteiger partial charge in [-0.15, -0.1) is 0 Å². The number of morpholine rings is 1. The maximum absolute atomic E-state index is 12.4. The number of nitrogens with zero attached hydrogens (tertiary/aromatic N) is 1. The summed E-state index contributed by atoms with van der Waals surface area (Å²) >= 11 is 0. The fraction of sp³-hybridized carbons (Fsp3) is 0.538. The Labute approximate surface area is 127 Å². The molecule has 9 heteroatoms. The Hall–Kier alpha value is -1.16. The number of hydrogen-bond donors (Lipinski definition) is 1. The molecule has 0 atom stereocenters. The van der Waals surface area contributed by atoms with Crippen LogP contribution in [0.4, 0.5) is 13.2 Å². The van der Waals surface area contributed by atoms with Gasteiger partial charge in [0.25, 0.3) is 10.2 Å². The topological polar surface area (TPSA) is 58.6 Å². The number of alkyl halides is 3. The van der Waals surface area contributed by atoms with E-state index in [1.165, 1.54) is 16.4 Å². The molecule has 1 aromatic carbocycles. The highest BCUT2D eigenvalue weighted by Crippen LogP contribution is 2.29. The molecule has 124 valence electrons. The second kappa shape index (κ2) is 6.95. The molecule has 0 saturated carbocycles. The molecule has 0 aromatic heterocycles. The van der Waals surface area contributed by atoms with Crippen LogP contribution in [-0.4, -0.2) is 45.6 Å². The van der Waals surface area contributed by atoms with E-state index in [1.54, 1.807) is 0 Å². The van der Waals surface area contributed by atoms with E-state index in [1.807, 2.05) is 0 Å². The normalized spacial score (nSPS) is 17.6. The third kappa shape index (κ3) is 4.67. The van der Waals surface area contributed by atoms with Crippen LogP contribution >= 0.6 is 0 Å². The van der Waals surface area contributed by atoms with Crippen LogP contribution in [0.3, 0.4) is 0 Å². The Bertz CT molecular complexity index is 582. The Kier molecular flexibility index (Phi) is 5.43. The highest BCUT2D eigenvalue weighted by molar-refractivity contribution is 7.87. The molecular weight excluding hydrogens is 321 g/mol. The summed E-state index contributed by atoms with van der Waals surface area (Å²) in [6.07, 6.45) is -4.04. The highest BCUT2D eigenvalue weighted by Gasteiger charge is 2.30. The van der Waals surface area contributed by atoms with Gasteiger partial charge in [-0.25, -0.2) is 4.72 Å². The number of rotatable bonds is 5. The lowest BCUT2D eigenvalue weighted by molar-refractivity contribution is -0.137. The van der Waals surface area contributed by atoms with Crippen molar-refractivity contribution in [2.45, 2.75) is 12.6 Å². The molecule has 1 aromatic rings. The molecule has 1 aliphatic heterocycles. The lowest BCUT2D eigenvalue weighted by Gasteiger charge is -2.26. The second-order valence-corrected chi connectivity index (χ2v) is 6.61. The number of halogens is 3. The van der Waals surface area contributed by atoms with Gasteiger partial charge >= 0.3 is 6.18 Å². The smallest absolute Gasteiger partial charge is 0.379 e. The van der Waals surface area contributed by atoms with Crippen molar-refractivity contribution in [2.75, 3.05) is 32.8 Å². The standard InChI is InChI=1S/C13H17F3N2O3S/c14-13(15,16)12-3-1-11(2-4-12)5-6-17-22(19,20)18-7-9-21-10-8-18/h1-4,17H,5-10H2. The van der Waals surface area contributed by atoms with Gasteiger partial charge in [0.2, 0.25) is 0 Å². The van der Waals surface area contributed by atoms with Crippen molar-refractivity contribution >= 4 is 10.2 Å². The summed E-state index contributed by atoms with van der Waals surface area (Å²) in [6.45, 7) is 1.45. The molecule has 1 saturated heterocycles. The molecule has 0 unspecified atom stereocenters. The lowest BCUT2D eigenvalue weighted by Crippen LogP contribution is -2.47. The molecule has 1 heterocycles. The first-order valence-corrected chi connectivity index (χ1v) is 8.22. The molecular formula is C13H17F3N2O3S. The Balaban J connectivity index is 1.85. The van der Waals surface area contributed by atoms with E-state index < -0.39 is 21.9 Å². The monoisotopic (exact) mass is 338 g/mol. The average molecular weight is 338 g/mol. The van der Waals surface area contributed by atoms with E-state index in [2.05, 4.69) is 4.72 Å². The van der Waals surface area contributed by atoms with E-state index >= 15 is 0 Å². The fourth-order valence-corrected chi connectivity index (χ4v) is 3.24. The molecule has 0 aliphatic carbocycles. The van der Waals surface area contributed by atoms with Gasteiger partial charge < -0.3 is 4.74 Å². The quantitative estimate of drug-likeness (QED) is 0.883. The van der Waals surface area contributed by atoms with Crippen LogP contribution in [0.1, 0.15) is 11.1 Å². The fourth-order valence-electron chi connectivity index (χ4n) is 2.06. The van der Waals surface area contributed by atoms with Crippen LogP contribution in [0.25, 0.3) is 0 Å². The van der Waals surface area contributed by atoms with E-state index in [0.717, 1.165) is 12.1 Å². The van der Waals surface area contributed by atoms with Crippen molar-refractivity contribution in [2.24, 2.45) is 0 Å². The first-order chi connectivity index (χ1) is 10.3. The van der Waals surface area contributed by atoms with Crippen LogP contribution in [0.2, 0.25) is 0 Å². The molecule has 1 N–H and O–H groups in total. The van der Waals surface area contributed by atoms with E-state index in [-0.39, 0.29) is 6.54 Å². The zero-order valence-corrected chi connectivity index (χ0v) is 12.6. The van der Waals surface area contributed by atoms with Crippen molar-refractivity contribution < 1.29 is 26.3 Å². The largest absolute Gasteiger partial charge is 0.416 e. The maximum Gasteiger partial charge on any atom is 0.416 e. The third-order valence-corrected chi connectivity index (χ3v) is 4.90. The molecule has 0 amide bonds. The van der Waals surface area contributed by atoms with Crippen LogP contribution < -0.4 is 4.72 Å². The van der Waals surface area contributed by atoms with Crippen molar-refractivity contribution in [3.63, 3.8) is 0 Å². The molecule has 1 fully saturated rings. The molecule has 0 spiro atoms. The summed E-state index contributed by atoms with van der Waals surface area (Å²) in [5, 5.41) is 0. The zero-order chi connectivity index (χ0) is 16.2. The van der Waals surface area contributed by atoms with Crippen molar-refractivity contribution in [1.29, 1.82) is 0 Å². The number of hydrogen-bond acceptors (Lipinski definition) is 3. The van der Waals surface area contributed by atoms with Crippen LogP contribution in [0.5, 0.6) is 0 Å². The van der Waals surface area contributed by atoms with E-state index in [9.17, 15) is 21.6 Å². The summed E-state index contributed by atoms with van der Waals surface area (Å²) in [5.74, 6) is 0.